The zero-order valence-electron chi connectivity index (χ0n) is 12.9. The summed E-state index contributed by atoms with van der Waals surface area (Å²) in [4.78, 5) is 11.7. The van der Waals surface area contributed by atoms with E-state index in [0.717, 1.165) is 24.3 Å². The molecule has 0 unspecified atom stereocenters. The molecule has 0 fully saturated rings. The van der Waals surface area contributed by atoms with Gasteiger partial charge in [-0.15, -0.1) is 0 Å². The van der Waals surface area contributed by atoms with Crippen molar-refractivity contribution in [3.05, 3.63) is 24.3 Å². The van der Waals surface area contributed by atoms with Crippen molar-refractivity contribution in [3.63, 3.8) is 0 Å². The Hall–Kier alpha value is -1.62. The molecule has 0 radical (unpaired) electrons. The van der Waals surface area contributed by atoms with E-state index in [0.29, 0.717) is 24.1 Å². The van der Waals surface area contributed by atoms with E-state index in [9.17, 15) is 4.79 Å². The molecule has 0 aliphatic carbocycles. The van der Waals surface area contributed by atoms with E-state index in [1.165, 1.54) is 0 Å². The van der Waals surface area contributed by atoms with Crippen LogP contribution >= 0.6 is 12.2 Å². The van der Waals surface area contributed by atoms with Gasteiger partial charge in [0.2, 0.25) is 5.91 Å². The Balaban J connectivity index is 2.57. The molecule has 4 nitrogen and oxygen atoms in total. The molecule has 0 saturated heterocycles. The summed E-state index contributed by atoms with van der Waals surface area (Å²) in [5.41, 5.74) is 0.767. The lowest BCUT2D eigenvalue weighted by atomic mass is 10.1. The van der Waals surface area contributed by atoms with Crippen LogP contribution in [0.25, 0.3) is 0 Å². The highest BCUT2D eigenvalue weighted by Gasteiger charge is 2.09. The van der Waals surface area contributed by atoms with E-state index in [-0.39, 0.29) is 5.91 Å². The minimum atomic E-state index is -0.0770. The number of ether oxygens (including phenoxy) is 1. The van der Waals surface area contributed by atoms with Crippen LogP contribution in [0.15, 0.2) is 24.3 Å². The monoisotopic (exact) mass is 308 g/mol. The molecule has 1 rings (SSSR count). The number of benzene rings is 1. The van der Waals surface area contributed by atoms with Gasteiger partial charge in [-0.1, -0.05) is 39.3 Å². The van der Waals surface area contributed by atoms with E-state index in [1.54, 1.807) is 0 Å². The molecular weight excluding hydrogens is 284 g/mol. The zero-order chi connectivity index (χ0) is 15.7. The molecule has 1 aromatic carbocycles. The lowest BCUT2D eigenvalue weighted by molar-refractivity contribution is -0.120. The predicted molar refractivity (Wildman–Crippen MR) is 90.7 cm³/mol. The van der Waals surface area contributed by atoms with Crippen LogP contribution in [0, 0.1) is 5.92 Å². The first-order valence-electron chi connectivity index (χ1n) is 7.35. The molecular formula is C16H24N2O2S. The number of carbonyl (C=O) groups is 1. The maximum atomic E-state index is 11.7. The third kappa shape index (κ3) is 7.09. The Kier molecular flexibility index (Phi) is 7.75. The Bertz CT molecular complexity index is 475. The topological polar surface area (TPSA) is 50.4 Å². The first-order chi connectivity index (χ1) is 10.0. The fourth-order valence-electron chi connectivity index (χ4n) is 1.72. The van der Waals surface area contributed by atoms with Crippen LogP contribution in [0.3, 0.4) is 0 Å². The van der Waals surface area contributed by atoms with Crippen molar-refractivity contribution in [1.29, 1.82) is 0 Å². The Morgan fingerprint density at radius 1 is 1.33 bits per heavy atom. The minimum Gasteiger partial charge on any atom is -0.491 e. The normalized spacial score (nSPS) is 10.3. The maximum Gasteiger partial charge on any atom is 0.226 e. The number of hydrogen-bond donors (Lipinski definition) is 2. The van der Waals surface area contributed by atoms with Gasteiger partial charge in [0.1, 0.15) is 5.75 Å². The van der Waals surface area contributed by atoms with Crippen LogP contribution in [0.2, 0.25) is 0 Å². The molecule has 0 aliphatic rings. The van der Waals surface area contributed by atoms with Crippen molar-refractivity contribution in [3.8, 4) is 5.75 Å². The van der Waals surface area contributed by atoms with Crippen LogP contribution in [-0.2, 0) is 4.79 Å². The predicted octanol–water partition coefficient (Wildman–Crippen LogP) is 3.72. The highest BCUT2D eigenvalue weighted by Crippen LogP contribution is 2.23. The van der Waals surface area contributed by atoms with Crippen molar-refractivity contribution < 1.29 is 9.53 Å². The van der Waals surface area contributed by atoms with E-state index in [2.05, 4.69) is 17.6 Å². The molecule has 5 heteroatoms. The Morgan fingerprint density at radius 2 is 2.05 bits per heavy atom. The molecule has 0 heterocycles. The second kappa shape index (κ2) is 9.34. The van der Waals surface area contributed by atoms with Crippen molar-refractivity contribution in [2.24, 2.45) is 5.92 Å². The van der Waals surface area contributed by atoms with Gasteiger partial charge in [-0.2, -0.15) is 0 Å². The third-order valence-corrected chi connectivity index (χ3v) is 2.94. The molecule has 0 spiro atoms. The summed E-state index contributed by atoms with van der Waals surface area (Å²) in [5.74, 6) is 0.968. The van der Waals surface area contributed by atoms with Gasteiger partial charge in [-0.05, 0) is 36.7 Å². The maximum absolute atomic E-state index is 11.7. The van der Waals surface area contributed by atoms with Crippen molar-refractivity contribution in [1.82, 2.24) is 5.32 Å². The second-order valence-electron chi connectivity index (χ2n) is 5.30. The van der Waals surface area contributed by atoms with Crippen molar-refractivity contribution in [2.45, 2.75) is 40.0 Å². The summed E-state index contributed by atoms with van der Waals surface area (Å²) in [6, 6.07) is 7.57. The zero-order valence-corrected chi connectivity index (χ0v) is 13.8. The fourth-order valence-corrected chi connectivity index (χ4v) is 1.95. The molecule has 1 amide bonds. The van der Waals surface area contributed by atoms with Gasteiger partial charge in [-0.3, -0.25) is 4.79 Å². The smallest absolute Gasteiger partial charge is 0.226 e. The summed E-state index contributed by atoms with van der Waals surface area (Å²) in [6.07, 6.45) is 2.54. The van der Waals surface area contributed by atoms with Gasteiger partial charge >= 0.3 is 0 Å². The Labute approximate surface area is 132 Å². The van der Waals surface area contributed by atoms with Gasteiger partial charge < -0.3 is 15.4 Å². The molecule has 21 heavy (non-hydrogen) atoms. The quantitative estimate of drug-likeness (QED) is 0.595. The molecule has 0 aliphatic heterocycles. The summed E-state index contributed by atoms with van der Waals surface area (Å²) < 4.78 is 5.71. The number of para-hydroxylation sites is 2. The fraction of sp³-hybridized carbons (Fsp3) is 0.500. The van der Waals surface area contributed by atoms with Crippen LogP contribution < -0.4 is 15.4 Å². The minimum absolute atomic E-state index is 0.0770. The number of carbonyl (C=O) groups excluding carboxylic acids is 1. The highest BCUT2D eigenvalue weighted by atomic mass is 32.1. The number of unbranched alkanes of at least 4 members (excludes halogenated alkanes) is 1. The van der Waals surface area contributed by atoms with Crippen molar-refractivity contribution >= 4 is 28.9 Å². The molecule has 1 aromatic rings. The van der Waals surface area contributed by atoms with Crippen LogP contribution in [0.5, 0.6) is 5.75 Å². The average Bonchev–Trinajstić information content (AvgIpc) is 2.39. The standard InChI is InChI=1S/C16H24N2O2S/c1-4-5-10-20-14-9-7-6-8-13(14)17-16(21)18-15(19)11-12(2)3/h6-9,12H,4-5,10-11H2,1-3H3,(H2,17,18,19,21). The first kappa shape index (κ1) is 17.4. The molecule has 0 atom stereocenters. The second-order valence-corrected chi connectivity index (χ2v) is 5.71. The molecule has 0 bridgehead atoms. The first-order valence-corrected chi connectivity index (χ1v) is 7.76. The summed E-state index contributed by atoms with van der Waals surface area (Å²) >= 11 is 5.16. The molecule has 0 saturated carbocycles. The van der Waals surface area contributed by atoms with E-state index in [4.69, 9.17) is 17.0 Å². The molecule has 116 valence electrons. The average molecular weight is 308 g/mol. The van der Waals surface area contributed by atoms with Gasteiger partial charge in [0.25, 0.3) is 0 Å². The van der Waals surface area contributed by atoms with Crippen LogP contribution in [0.4, 0.5) is 5.69 Å². The lowest BCUT2D eigenvalue weighted by Crippen LogP contribution is -2.34. The summed E-state index contributed by atoms with van der Waals surface area (Å²) in [7, 11) is 0. The summed E-state index contributed by atoms with van der Waals surface area (Å²) in [5, 5.41) is 5.99. The largest absolute Gasteiger partial charge is 0.491 e. The number of hydrogen-bond acceptors (Lipinski definition) is 3. The molecule has 2 N–H and O–H groups in total. The van der Waals surface area contributed by atoms with E-state index >= 15 is 0 Å². The van der Waals surface area contributed by atoms with E-state index < -0.39 is 0 Å². The van der Waals surface area contributed by atoms with Gasteiger partial charge in [0.15, 0.2) is 5.11 Å². The van der Waals surface area contributed by atoms with Gasteiger partial charge in [0.05, 0.1) is 12.3 Å². The summed E-state index contributed by atoms with van der Waals surface area (Å²) in [6.45, 7) is 6.77. The number of thiocarbonyl (C=S) groups is 1. The van der Waals surface area contributed by atoms with Crippen molar-refractivity contribution in [2.75, 3.05) is 11.9 Å². The Morgan fingerprint density at radius 3 is 2.71 bits per heavy atom. The third-order valence-electron chi connectivity index (χ3n) is 2.74. The van der Waals surface area contributed by atoms with Crippen LogP contribution in [-0.4, -0.2) is 17.6 Å². The molecule has 0 aromatic heterocycles. The van der Waals surface area contributed by atoms with Gasteiger partial charge in [-0.25, -0.2) is 0 Å². The SMILES string of the molecule is CCCCOc1ccccc1NC(=S)NC(=O)CC(C)C. The number of amides is 1. The highest BCUT2D eigenvalue weighted by molar-refractivity contribution is 7.80. The number of rotatable bonds is 7. The van der Waals surface area contributed by atoms with E-state index in [1.807, 2.05) is 38.1 Å². The lowest BCUT2D eigenvalue weighted by Gasteiger charge is -2.14. The van der Waals surface area contributed by atoms with Crippen LogP contribution in [0.1, 0.15) is 40.0 Å². The number of anilines is 1. The number of nitrogens with one attached hydrogen (secondary N) is 2. The van der Waals surface area contributed by atoms with Gasteiger partial charge in [0, 0.05) is 6.42 Å².